The number of H-pyrrole nitrogens is 1. The smallest absolute Gasteiger partial charge is 0.329 e. The monoisotopic (exact) mass is 346 g/mol. The number of aromatic amines is 1. The maximum atomic E-state index is 12.4. The zero-order chi connectivity index (χ0) is 17.6. The molecule has 1 aliphatic heterocycles. The van der Waals surface area contributed by atoms with Gasteiger partial charge < -0.3 is 15.0 Å². The van der Waals surface area contributed by atoms with Gasteiger partial charge in [0.1, 0.15) is 6.54 Å². The Kier molecular flexibility index (Phi) is 5.62. The van der Waals surface area contributed by atoms with E-state index in [0.717, 1.165) is 43.8 Å². The van der Waals surface area contributed by atoms with Gasteiger partial charge in [-0.25, -0.2) is 4.79 Å². The topological polar surface area (TPSA) is 96.4 Å². The van der Waals surface area contributed by atoms with E-state index in [0.29, 0.717) is 17.4 Å². The summed E-state index contributed by atoms with van der Waals surface area (Å²) in [4.78, 5) is 41.4. The van der Waals surface area contributed by atoms with Crippen molar-refractivity contribution in [1.29, 1.82) is 0 Å². The third-order valence-corrected chi connectivity index (χ3v) is 4.27. The Balaban J connectivity index is 1.55. The number of carbonyl (C=O) groups is 1. The molecule has 2 N–H and O–H groups in total. The Morgan fingerprint density at radius 1 is 1.20 bits per heavy atom. The molecule has 1 amide bonds. The Hall–Kier alpha value is -2.45. The van der Waals surface area contributed by atoms with Gasteiger partial charge in [-0.1, -0.05) is 12.1 Å². The lowest BCUT2D eigenvalue weighted by molar-refractivity contribution is -0.121. The Morgan fingerprint density at radius 3 is 2.76 bits per heavy atom. The molecule has 2 aromatic rings. The van der Waals surface area contributed by atoms with E-state index in [-0.39, 0.29) is 12.5 Å². The van der Waals surface area contributed by atoms with Gasteiger partial charge >= 0.3 is 5.69 Å². The van der Waals surface area contributed by atoms with Crippen LogP contribution in [-0.2, 0) is 16.1 Å². The van der Waals surface area contributed by atoms with Gasteiger partial charge in [-0.3, -0.25) is 19.1 Å². The van der Waals surface area contributed by atoms with E-state index in [4.69, 9.17) is 4.74 Å². The lowest BCUT2D eigenvalue weighted by Gasteiger charge is -2.26. The summed E-state index contributed by atoms with van der Waals surface area (Å²) in [5.41, 5.74) is -0.561. The number of amides is 1. The van der Waals surface area contributed by atoms with Crippen molar-refractivity contribution in [2.24, 2.45) is 0 Å². The highest BCUT2D eigenvalue weighted by Gasteiger charge is 2.12. The summed E-state index contributed by atoms with van der Waals surface area (Å²) in [7, 11) is 0. The average molecular weight is 346 g/mol. The highest BCUT2D eigenvalue weighted by Crippen LogP contribution is 2.02. The fourth-order valence-electron chi connectivity index (χ4n) is 2.90. The van der Waals surface area contributed by atoms with Crippen molar-refractivity contribution >= 4 is 16.8 Å². The molecule has 8 nitrogen and oxygen atoms in total. The van der Waals surface area contributed by atoms with Crippen molar-refractivity contribution in [2.45, 2.75) is 13.0 Å². The van der Waals surface area contributed by atoms with Crippen LogP contribution >= 0.6 is 0 Å². The van der Waals surface area contributed by atoms with E-state index in [1.807, 2.05) is 0 Å². The molecule has 1 aromatic carbocycles. The normalized spacial score (nSPS) is 15.4. The summed E-state index contributed by atoms with van der Waals surface area (Å²) in [5.74, 6) is -0.343. The Morgan fingerprint density at radius 2 is 1.96 bits per heavy atom. The first-order valence-electron chi connectivity index (χ1n) is 8.44. The first-order valence-corrected chi connectivity index (χ1v) is 8.44. The molecule has 8 heteroatoms. The lowest BCUT2D eigenvalue weighted by atomic mass is 10.2. The molecule has 2 heterocycles. The lowest BCUT2D eigenvalue weighted by Crippen LogP contribution is -2.41. The SMILES string of the molecule is O=C(Cn1c(=O)[nH]c2ccccc2c1=O)NCCCN1CCOCC1. The van der Waals surface area contributed by atoms with Crippen LogP contribution in [0.25, 0.3) is 10.9 Å². The number of hydrogen-bond donors (Lipinski definition) is 2. The highest BCUT2D eigenvalue weighted by atomic mass is 16.5. The van der Waals surface area contributed by atoms with E-state index in [2.05, 4.69) is 15.2 Å². The molecule has 0 bridgehead atoms. The largest absolute Gasteiger partial charge is 0.379 e. The number of carbonyl (C=O) groups excluding carboxylic acids is 1. The van der Waals surface area contributed by atoms with Crippen LogP contribution in [0.1, 0.15) is 6.42 Å². The van der Waals surface area contributed by atoms with Crippen LogP contribution in [-0.4, -0.2) is 59.8 Å². The van der Waals surface area contributed by atoms with Crippen LogP contribution in [0.3, 0.4) is 0 Å². The summed E-state index contributed by atoms with van der Waals surface area (Å²) in [6, 6.07) is 6.75. The zero-order valence-corrected chi connectivity index (χ0v) is 14.0. The standard InChI is InChI=1S/C17H22N4O4/c22-15(18-6-3-7-20-8-10-25-11-9-20)12-21-16(23)13-4-1-2-5-14(13)19-17(21)24/h1-2,4-5H,3,6-12H2,(H,18,22)(H,19,24). The summed E-state index contributed by atoms with van der Waals surface area (Å²) in [5, 5.41) is 3.15. The highest BCUT2D eigenvalue weighted by molar-refractivity contribution is 5.78. The molecule has 0 radical (unpaired) electrons. The minimum atomic E-state index is -0.577. The summed E-state index contributed by atoms with van der Waals surface area (Å²) >= 11 is 0. The van der Waals surface area contributed by atoms with Gasteiger partial charge in [0, 0.05) is 19.6 Å². The summed E-state index contributed by atoms with van der Waals surface area (Å²) < 4.78 is 6.22. The minimum absolute atomic E-state index is 0.281. The van der Waals surface area contributed by atoms with Crippen LogP contribution in [0.15, 0.2) is 33.9 Å². The van der Waals surface area contributed by atoms with Crippen molar-refractivity contribution in [3.63, 3.8) is 0 Å². The minimum Gasteiger partial charge on any atom is -0.379 e. The van der Waals surface area contributed by atoms with Gasteiger partial charge in [-0.05, 0) is 25.1 Å². The molecular formula is C17H22N4O4. The van der Waals surface area contributed by atoms with Crippen LogP contribution in [0.5, 0.6) is 0 Å². The number of morpholine rings is 1. The molecule has 3 rings (SSSR count). The number of nitrogens with one attached hydrogen (secondary N) is 2. The maximum Gasteiger partial charge on any atom is 0.329 e. The molecule has 0 saturated carbocycles. The van der Waals surface area contributed by atoms with Gasteiger partial charge in [-0.2, -0.15) is 0 Å². The summed E-state index contributed by atoms with van der Waals surface area (Å²) in [6.45, 7) is 4.44. The van der Waals surface area contributed by atoms with Gasteiger partial charge in [0.2, 0.25) is 5.91 Å². The predicted molar refractivity (Wildman–Crippen MR) is 93.7 cm³/mol. The number of hydrogen-bond acceptors (Lipinski definition) is 5. The Bertz CT molecular complexity index is 852. The van der Waals surface area contributed by atoms with Gasteiger partial charge in [0.15, 0.2) is 0 Å². The van der Waals surface area contributed by atoms with Gasteiger partial charge in [-0.15, -0.1) is 0 Å². The van der Waals surface area contributed by atoms with Crippen LogP contribution in [0.2, 0.25) is 0 Å². The van der Waals surface area contributed by atoms with E-state index < -0.39 is 11.2 Å². The molecule has 1 fully saturated rings. The second-order valence-electron chi connectivity index (χ2n) is 6.02. The van der Waals surface area contributed by atoms with Gasteiger partial charge in [0.25, 0.3) is 5.56 Å². The predicted octanol–water partition coefficient (Wildman–Crippen LogP) is -0.472. The molecule has 1 saturated heterocycles. The first kappa shape index (κ1) is 17.4. The molecule has 0 aliphatic carbocycles. The number of ether oxygens (including phenoxy) is 1. The van der Waals surface area contributed by atoms with E-state index in [1.54, 1.807) is 24.3 Å². The van der Waals surface area contributed by atoms with Crippen molar-refractivity contribution in [3.05, 3.63) is 45.1 Å². The molecule has 1 aromatic heterocycles. The molecule has 134 valence electrons. The zero-order valence-electron chi connectivity index (χ0n) is 14.0. The van der Waals surface area contributed by atoms with Crippen LogP contribution in [0.4, 0.5) is 0 Å². The second-order valence-corrected chi connectivity index (χ2v) is 6.02. The van der Waals surface area contributed by atoms with Crippen molar-refractivity contribution in [2.75, 3.05) is 39.4 Å². The Labute approximate surface area is 144 Å². The molecule has 0 unspecified atom stereocenters. The third kappa shape index (κ3) is 4.34. The maximum absolute atomic E-state index is 12.4. The van der Waals surface area contributed by atoms with Crippen molar-refractivity contribution in [3.8, 4) is 0 Å². The van der Waals surface area contributed by atoms with E-state index in [1.165, 1.54) is 0 Å². The molecule has 25 heavy (non-hydrogen) atoms. The average Bonchev–Trinajstić information content (AvgIpc) is 2.63. The first-order chi connectivity index (χ1) is 12.1. The number of benzene rings is 1. The number of nitrogens with zero attached hydrogens (tertiary/aromatic N) is 2. The quantitative estimate of drug-likeness (QED) is 0.689. The van der Waals surface area contributed by atoms with Crippen molar-refractivity contribution in [1.82, 2.24) is 19.8 Å². The van der Waals surface area contributed by atoms with Crippen LogP contribution < -0.4 is 16.6 Å². The fourth-order valence-corrected chi connectivity index (χ4v) is 2.90. The van der Waals surface area contributed by atoms with Gasteiger partial charge in [0.05, 0.1) is 24.1 Å². The van der Waals surface area contributed by atoms with E-state index >= 15 is 0 Å². The van der Waals surface area contributed by atoms with Crippen LogP contribution in [0, 0.1) is 0 Å². The molecule has 0 spiro atoms. The number of aromatic nitrogens is 2. The van der Waals surface area contributed by atoms with E-state index in [9.17, 15) is 14.4 Å². The summed E-state index contributed by atoms with van der Waals surface area (Å²) in [6.07, 6.45) is 0.814. The molecule has 1 aliphatic rings. The number of fused-ring (bicyclic) bond motifs is 1. The fraction of sp³-hybridized carbons (Fsp3) is 0.471. The number of para-hydroxylation sites is 1. The second kappa shape index (κ2) is 8.09. The third-order valence-electron chi connectivity index (χ3n) is 4.27. The number of rotatable bonds is 6. The van der Waals surface area contributed by atoms with Crippen molar-refractivity contribution < 1.29 is 9.53 Å². The molecular weight excluding hydrogens is 324 g/mol. The molecule has 0 atom stereocenters.